The van der Waals surface area contributed by atoms with Crippen molar-refractivity contribution in [3.05, 3.63) is 48.0 Å². The second kappa shape index (κ2) is 9.16. The Bertz CT molecular complexity index is 832. The van der Waals surface area contributed by atoms with Gasteiger partial charge in [-0.15, -0.1) is 0 Å². The Hall–Kier alpha value is -2.89. The number of aliphatic carboxylic acids is 1. The van der Waals surface area contributed by atoms with Crippen LogP contribution in [0.15, 0.2) is 42.5 Å². The molecule has 2 atom stereocenters. The van der Waals surface area contributed by atoms with Crippen LogP contribution in [0.25, 0.3) is 10.8 Å². The highest BCUT2D eigenvalue weighted by Crippen LogP contribution is 2.17. The van der Waals surface area contributed by atoms with Crippen molar-refractivity contribution in [3.63, 3.8) is 0 Å². The Balaban J connectivity index is 2.14. The van der Waals surface area contributed by atoms with Crippen LogP contribution in [0.5, 0.6) is 0 Å². The number of hydrogen-bond acceptors (Lipinski definition) is 3. The molecule has 0 aliphatic carbocycles. The summed E-state index contributed by atoms with van der Waals surface area (Å²) < 4.78 is 0. The van der Waals surface area contributed by atoms with Gasteiger partial charge in [0.1, 0.15) is 12.1 Å². The number of carbonyl (C=O) groups excluding carboxylic acids is 2. The van der Waals surface area contributed by atoms with E-state index in [1.54, 1.807) is 0 Å². The van der Waals surface area contributed by atoms with E-state index in [1.165, 1.54) is 6.92 Å². The second-order valence-corrected chi connectivity index (χ2v) is 7.17. The lowest BCUT2D eigenvalue weighted by atomic mass is 10.00. The highest BCUT2D eigenvalue weighted by molar-refractivity contribution is 5.90. The molecule has 0 aliphatic heterocycles. The maximum Gasteiger partial charge on any atom is 0.326 e. The summed E-state index contributed by atoms with van der Waals surface area (Å²) in [6, 6.07) is 11.7. The molecule has 0 spiro atoms. The number of carboxylic acid groups (broad SMARTS) is 1. The van der Waals surface area contributed by atoms with Crippen molar-refractivity contribution >= 4 is 28.6 Å². The van der Waals surface area contributed by atoms with Crippen molar-refractivity contribution in [2.24, 2.45) is 5.92 Å². The molecule has 0 bridgehead atoms. The van der Waals surface area contributed by atoms with Crippen LogP contribution in [-0.4, -0.2) is 35.0 Å². The van der Waals surface area contributed by atoms with Crippen molar-refractivity contribution in [2.75, 3.05) is 0 Å². The van der Waals surface area contributed by atoms with Crippen LogP contribution in [0, 0.1) is 5.92 Å². The minimum absolute atomic E-state index is 0.167. The van der Waals surface area contributed by atoms with E-state index in [9.17, 15) is 19.5 Å². The molecule has 0 aliphatic rings. The van der Waals surface area contributed by atoms with Gasteiger partial charge in [-0.3, -0.25) is 9.59 Å². The maximum atomic E-state index is 12.5. The fourth-order valence-electron chi connectivity index (χ4n) is 3.02. The maximum absolute atomic E-state index is 12.5. The average Bonchev–Trinajstić information content (AvgIpc) is 2.59. The van der Waals surface area contributed by atoms with Gasteiger partial charge in [0.05, 0.1) is 0 Å². The van der Waals surface area contributed by atoms with Crippen LogP contribution in [-0.2, 0) is 20.8 Å². The van der Waals surface area contributed by atoms with Gasteiger partial charge in [0, 0.05) is 13.3 Å². The molecule has 0 heterocycles. The highest BCUT2D eigenvalue weighted by Gasteiger charge is 2.26. The lowest BCUT2D eigenvalue weighted by Crippen LogP contribution is -2.52. The third-order valence-electron chi connectivity index (χ3n) is 4.27. The highest BCUT2D eigenvalue weighted by atomic mass is 16.4. The number of carboxylic acids is 1. The lowest BCUT2D eigenvalue weighted by Gasteiger charge is -2.22. The normalized spacial score (nSPS) is 13.2. The molecule has 0 saturated heterocycles. The molecule has 0 fully saturated rings. The summed E-state index contributed by atoms with van der Waals surface area (Å²) in [7, 11) is 0. The van der Waals surface area contributed by atoms with Crippen LogP contribution in [0.1, 0.15) is 32.8 Å². The number of nitrogens with one attached hydrogen (secondary N) is 2. The number of carbonyl (C=O) groups is 3. The molecule has 2 aromatic rings. The molecular formula is C21H26N2O4. The Kier molecular flexibility index (Phi) is 6.93. The summed E-state index contributed by atoms with van der Waals surface area (Å²) in [6.07, 6.45) is 0.605. The van der Waals surface area contributed by atoms with Gasteiger partial charge in [0.25, 0.3) is 0 Å². The predicted molar refractivity (Wildman–Crippen MR) is 104 cm³/mol. The van der Waals surface area contributed by atoms with Gasteiger partial charge in [-0.2, -0.15) is 0 Å². The topological polar surface area (TPSA) is 95.5 Å². The van der Waals surface area contributed by atoms with Gasteiger partial charge >= 0.3 is 5.97 Å². The van der Waals surface area contributed by atoms with E-state index in [2.05, 4.69) is 10.6 Å². The van der Waals surface area contributed by atoms with Gasteiger partial charge in [0.2, 0.25) is 11.8 Å². The molecule has 2 amide bonds. The molecule has 27 heavy (non-hydrogen) atoms. The summed E-state index contributed by atoms with van der Waals surface area (Å²) >= 11 is 0. The van der Waals surface area contributed by atoms with Crippen molar-refractivity contribution < 1.29 is 19.5 Å². The number of rotatable bonds is 8. The molecule has 2 rings (SSSR count). The molecule has 0 radical (unpaired) electrons. The molecule has 0 saturated carbocycles. The molecule has 6 heteroatoms. The summed E-state index contributed by atoms with van der Waals surface area (Å²) in [6.45, 7) is 5.21. The van der Waals surface area contributed by atoms with Crippen LogP contribution < -0.4 is 10.6 Å². The van der Waals surface area contributed by atoms with Gasteiger partial charge in [-0.1, -0.05) is 56.3 Å². The zero-order valence-electron chi connectivity index (χ0n) is 15.9. The molecule has 6 nitrogen and oxygen atoms in total. The summed E-state index contributed by atoms with van der Waals surface area (Å²) in [5.41, 5.74) is 0.821. The Morgan fingerprint density at radius 1 is 0.963 bits per heavy atom. The van der Waals surface area contributed by atoms with Gasteiger partial charge in [-0.25, -0.2) is 4.79 Å². The second-order valence-electron chi connectivity index (χ2n) is 7.17. The van der Waals surface area contributed by atoms with E-state index in [1.807, 2.05) is 56.3 Å². The average molecular weight is 370 g/mol. The Labute approximate surface area is 159 Å². The molecule has 0 aromatic heterocycles. The minimum atomic E-state index is -1.11. The van der Waals surface area contributed by atoms with Crippen LogP contribution in [0.4, 0.5) is 0 Å². The van der Waals surface area contributed by atoms with E-state index in [0.29, 0.717) is 6.42 Å². The molecular weight excluding hydrogens is 344 g/mol. The van der Waals surface area contributed by atoms with E-state index >= 15 is 0 Å². The molecule has 3 N–H and O–H groups in total. The van der Waals surface area contributed by atoms with Gasteiger partial charge < -0.3 is 15.7 Å². The van der Waals surface area contributed by atoms with E-state index in [0.717, 1.165) is 16.3 Å². The van der Waals surface area contributed by atoms with Crippen molar-refractivity contribution in [3.8, 4) is 0 Å². The minimum Gasteiger partial charge on any atom is -0.480 e. The smallest absolute Gasteiger partial charge is 0.326 e. The fourth-order valence-corrected chi connectivity index (χ4v) is 3.02. The first-order chi connectivity index (χ1) is 12.8. The van der Waals surface area contributed by atoms with E-state index < -0.39 is 24.0 Å². The number of benzene rings is 2. The quantitative estimate of drug-likeness (QED) is 0.665. The van der Waals surface area contributed by atoms with Gasteiger partial charge in [-0.05, 0) is 28.7 Å². The third-order valence-corrected chi connectivity index (χ3v) is 4.27. The summed E-state index contributed by atoms with van der Waals surface area (Å²) in [5.74, 6) is -1.73. The first kappa shape index (κ1) is 20.4. The fraction of sp³-hybridized carbons (Fsp3) is 0.381. The van der Waals surface area contributed by atoms with Crippen LogP contribution in [0.3, 0.4) is 0 Å². The van der Waals surface area contributed by atoms with E-state index in [-0.39, 0.29) is 18.2 Å². The summed E-state index contributed by atoms with van der Waals surface area (Å²) in [5, 5.41) is 16.8. The molecule has 0 unspecified atom stereocenters. The third kappa shape index (κ3) is 6.09. The van der Waals surface area contributed by atoms with Crippen molar-refractivity contribution in [2.45, 2.75) is 45.7 Å². The monoisotopic (exact) mass is 370 g/mol. The summed E-state index contributed by atoms with van der Waals surface area (Å²) in [4.78, 5) is 35.6. The number of hydrogen-bond donors (Lipinski definition) is 3. The zero-order chi connectivity index (χ0) is 20.0. The van der Waals surface area contributed by atoms with E-state index in [4.69, 9.17) is 0 Å². The molecule has 2 aromatic carbocycles. The number of fused-ring (bicyclic) bond motifs is 1. The van der Waals surface area contributed by atoms with Gasteiger partial charge in [0.15, 0.2) is 0 Å². The van der Waals surface area contributed by atoms with Crippen molar-refractivity contribution in [1.29, 1.82) is 0 Å². The first-order valence-corrected chi connectivity index (χ1v) is 9.04. The first-order valence-electron chi connectivity index (χ1n) is 9.04. The Morgan fingerprint density at radius 3 is 2.22 bits per heavy atom. The van der Waals surface area contributed by atoms with Crippen LogP contribution >= 0.6 is 0 Å². The largest absolute Gasteiger partial charge is 0.480 e. The lowest BCUT2D eigenvalue weighted by molar-refractivity contribution is -0.142. The molecule has 144 valence electrons. The predicted octanol–water partition coefficient (Wildman–Crippen LogP) is 2.50. The van der Waals surface area contributed by atoms with Crippen LogP contribution in [0.2, 0.25) is 0 Å². The SMILES string of the molecule is CC(=O)N[C@@H](CC(C)C)C(=O)N[C@@H](Cc1ccc2ccccc2c1)C(=O)O. The zero-order valence-corrected chi connectivity index (χ0v) is 15.9. The standard InChI is InChI=1S/C21H26N2O4/c1-13(2)10-18(22-14(3)24)20(25)23-19(21(26)27)12-15-8-9-16-6-4-5-7-17(16)11-15/h4-9,11,13,18-19H,10,12H2,1-3H3,(H,22,24)(H,23,25)(H,26,27)/t18-,19-/m0/s1. The number of amides is 2. The van der Waals surface area contributed by atoms with Crippen molar-refractivity contribution in [1.82, 2.24) is 10.6 Å². The Morgan fingerprint density at radius 2 is 1.63 bits per heavy atom.